The Balaban J connectivity index is 1.98. The summed E-state index contributed by atoms with van der Waals surface area (Å²) in [4.78, 5) is 2.01. The van der Waals surface area contributed by atoms with Crippen LogP contribution < -0.4 is 14.6 Å². The third-order valence-corrected chi connectivity index (χ3v) is 3.29. The van der Waals surface area contributed by atoms with Gasteiger partial charge in [-0.25, -0.2) is 4.57 Å². The number of hydrogen-bond donors (Lipinski definition) is 0. The number of benzene rings is 2. The molecule has 5 nitrogen and oxygen atoms in total. The van der Waals surface area contributed by atoms with E-state index in [9.17, 15) is 5.11 Å². The Bertz CT molecular complexity index is 733. The van der Waals surface area contributed by atoms with E-state index in [1.165, 1.54) is 4.57 Å². The van der Waals surface area contributed by atoms with E-state index < -0.39 is 0 Å². The molecule has 0 amide bonds. The van der Waals surface area contributed by atoms with Crippen LogP contribution in [0.3, 0.4) is 0 Å². The van der Waals surface area contributed by atoms with Crippen molar-refractivity contribution in [3.8, 4) is 17.4 Å². The molecule has 2 aromatic carbocycles. The molecular formula is C16H16N4O. The van der Waals surface area contributed by atoms with Crippen LogP contribution in [0.4, 0.5) is 5.69 Å². The van der Waals surface area contributed by atoms with Crippen molar-refractivity contribution in [1.82, 2.24) is 9.78 Å². The van der Waals surface area contributed by atoms with Crippen LogP contribution in [0.25, 0.3) is 11.4 Å². The summed E-state index contributed by atoms with van der Waals surface area (Å²) in [5.74, 6) is 0. The molecule has 3 rings (SSSR count). The lowest BCUT2D eigenvalue weighted by molar-refractivity contribution is -0.651. The van der Waals surface area contributed by atoms with Crippen molar-refractivity contribution < 1.29 is 9.67 Å². The lowest BCUT2D eigenvalue weighted by Gasteiger charge is -2.12. The summed E-state index contributed by atoms with van der Waals surface area (Å²) in [7, 11) is 3.96. The van der Waals surface area contributed by atoms with E-state index >= 15 is 0 Å². The third-order valence-electron chi connectivity index (χ3n) is 3.29. The number of hydrogen-bond acceptors (Lipinski definition) is 3. The van der Waals surface area contributed by atoms with E-state index in [1.54, 1.807) is 11.0 Å². The zero-order valence-corrected chi connectivity index (χ0v) is 12.0. The van der Waals surface area contributed by atoms with Gasteiger partial charge in [-0.3, -0.25) is 0 Å². The van der Waals surface area contributed by atoms with Crippen molar-refractivity contribution in [3.05, 3.63) is 60.9 Å². The quantitative estimate of drug-likeness (QED) is 0.679. The molecule has 0 saturated heterocycles. The molecule has 0 unspecified atom stereocenters. The Morgan fingerprint density at radius 1 is 1.00 bits per heavy atom. The van der Waals surface area contributed by atoms with Crippen molar-refractivity contribution in [2.24, 2.45) is 0 Å². The first-order chi connectivity index (χ1) is 10.1. The first kappa shape index (κ1) is 13.2. The summed E-state index contributed by atoms with van der Waals surface area (Å²) in [6, 6.07) is 17.0. The van der Waals surface area contributed by atoms with E-state index in [2.05, 4.69) is 5.10 Å². The molecule has 0 saturated carbocycles. The van der Waals surface area contributed by atoms with Crippen LogP contribution in [-0.2, 0) is 0 Å². The van der Waals surface area contributed by atoms with Gasteiger partial charge < -0.3 is 10.0 Å². The van der Waals surface area contributed by atoms with Crippen molar-refractivity contribution in [3.63, 3.8) is 0 Å². The van der Waals surface area contributed by atoms with Crippen molar-refractivity contribution >= 4 is 5.69 Å². The van der Waals surface area contributed by atoms with Crippen LogP contribution in [0.5, 0.6) is 6.01 Å². The monoisotopic (exact) mass is 280 g/mol. The predicted octanol–water partition coefficient (Wildman–Crippen LogP) is 1.29. The van der Waals surface area contributed by atoms with Gasteiger partial charge in [0.25, 0.3) is 0 Å². The Morgan fingerprint density at radius 2 is 1.67 bits per heavy atom. The zero-order valence-electron chi connectivity index (χ0n) is 12.0. The molecule has 0 N–H and O–H groups in total. The van der Waals surface area contributed by atoms with Crippen LogP contribution in [0.15, 0.2) is 60.9 Å². The Labute approximate surface area is 123 Å². The molecule has 0 aliphatic carbocycles. The van der Waals surface area contributed by atoms with Crippen LogP contribution in [0.2, 0.25) is 0 Å². The molecule has 0 aliphatic rings. The number of aromatic nitrogens is 3. The van der Waals surface area contributed by atoms with Crippen LogP contribution in [-0.4, -0.2) is 23.9 Å². The Morgan fingerprint density at radius 3 is 2.29 bits per heavy atom. The first-order valence-corrected chi connectivity index (χ1v) is 6.67. The molecule has 106 valence electrons. The minimum absolute atomic E-state index is 0.295. The standard InChI is InChI=1S/C16H16N4O/c1-18(2)13-8-10-14(11-9-13)19-12-20(17-16(19)21)15-6-4-3-5-7-15/h3-12H,1-2H3. The Hall–Kier alpha value is -2.82. The highest BCUT2D eigenvalue weighted by atomic mass is 16.3. The summed E-state index contributed by atoms with van der Waals surface area (Å²) in [6.45, 7) is 0. The van der Waals surface area contributed by atoms with Gasteiger partial charge in [0.2, 0.25) is 12.3 Å². The van der Waals surface area contributed by atoms with Crippen molar-refractivity contribution in [1.29, 1.82) is 0 Å². The number of anilines is 1. The minimum Gasteiger partial charge on any atom is -0.817 e. The molecule has 0 aliphatic heterocycles. The van der Waals surface area contributed by atoms with Gasteiger partial charge in [-0.1, -0.05) is 22.9 Å². The molecule has 0 bridgehead atoms. The largest absolute Gasteiger partial charge is 0.817 e. The fourth-order valence-corrected chi connectivity index (χ4v) is 2.12. The van der Waals surface area contributed by atoms with Crippen molar-refractivity contribution in [2.45, 2.75) is 0 Å². The second-order valence-corrected chi connectivity index (χ2v) is 4.96. The van der Waals surface area contributed by atoms with Crippen LogP contribution in [0.1, 0.15) is 0 Å². The molecule has 0 fully saturated rings. The lowest BCUT2D eigenvalue weighted by atomic mass is 10.2. The number of nitrogens with zero attached hydrogens (tertiary/aromatic N) is 4. The summed E-state index contributed by atoms with van der Waals surface area (Å²) in [5, 5.41) is 16.1. The summed E-state index contributed by atoms with van der Waals surface area (Å²) < 4.78 is 3.12. The SMILES string of the molecule is CN(C)c1ccc(-[n+]2cn(-c3ccccc3)nc2[O-])cc1. The zero-order chi connectivity index (χ0) is 14.8. The maximum Gasteiger partial charge on any atom is 0.250 e. The maximum atomic E-state index is 12.1. The molecule has 5 heteroatoms. The second-order valence-electron chi connectivity index (χ2n) is 4.96. The second kappa shape index (κ2) is 5.28. The first-order valence-electron chi connectivity index (χ1n) is 6.67. The van der Waals surface area contributed by atoms with Gasteiger partial charge in [-0.05, 0) is 36.4 Å². The minimum atomic E-state index is -0.295. The molecule has 0 radical (unpaired) electrons. The highest BCUT2D eigenvalue weighted by molar-refractivity contribution is 5.47. The summed E-state index contributed by atoms with van der Waals surface area (Å²) in [6.07, 6.45) is 1.70. The molecule has 1 heterocycles. The van der Waals surface area contributed by atoms with Crippen molar-refractivity contribution in [2.75, 3.05) is 19.0 Å². The lowest BCUT2D eigenvalue weighted by Crippen LogP contribution is -2.32. The van der Waals surface area contributed by atoms with E-state index in [0.717, 1.165) is 17.1 Å². The topological polar surface area (TPSA) is 48.0 Å². The fraction of sp³-hybridized carbons (Fsp3) is 0.125. The van der Waals surface area contributed by atoms with Gasteiger partial charge in [-0.15, -0.1) is 0 Å². The number of rotatable bonds is 3. The normalized spacial score (nSPS) is 10.6. The van der Waals surface area contributed by atoms with E-state index in [1.807, 2.05) is 73.6 Å². The highest BCUT2D eigenvalue weighted by Crippen LogP contribution is 2.13. The van der Waals surface area contributed by atoms with Gasteiger partial charge in [0, 0.05) is 24.9 Å². The van der Waals surface area contributed by atoms with Gasteiger partial charge in [0.1, 0.15) is 11.4 Å². The van der Waals surface area contributed by atoms with Crippen LogP contribution >= 0.6 is 0 Å². The fourth-order valence-electron chi connectivity index (χ4n) is 2.12. The predicted molar refractivity (Wildman–Crippen MR) is 78.9 cm³/mol. The molecule has 0 spiro atoms. The van der Waals surface area contributed by atoms with E-state index in [-0.39, 0.29) is 6.01 Å². The third kappa shape index (κ3) is 2.58. The average molecular weight is 280 g/mol. The van der Waals surface area contributed by atoms with Gasteiger partial charge in [0.15, 0.2) is 0 Å². The smallest absolute Gasteiger partial charge is 0.250 e. The maximum absolute atomic E-state index is 12.1. The van der Waals surface area contributed by atoms with Gasteiger partial charge >= 0.3 is 0 Å². The van der Waals surface area contributed by atoms with E-state index in [0.29, 0.717) is 0 Å². The Kier molecular flexibility index (Phi) is 3.31. The van der Waals surface area contributed by atoms with Gasteiger partial charge in [-0.2, -0.15) is 0 Å². The summed E-state index contributed by atoms with van der Waals surface area (Å²) >= 11 is 0. The number of para-hydroxylation sites is 1. The molecule has 1 aromatic heterocycles. The summed E-state index contributed by atoms with van der Waals surface area (Å²) in [5.41, 5.74) is 2.74. The molecule has 21 heavy (non-hydrogen) atoms. The van der Waals surface area contributed by atoms with E-state index in [4.69, 9.17) is 0 Å². The van der Waals surface area contributed by atoms with Gasteiger partial charge in [0.05, 0.1) is 0 Å². The molecule has 0 atom stereocenters. The average Bonchev–Trinajstić information content (AvgIpc) is 2.90. The highest BCUT2D eigenvalue weighted by Gasteiger charge is 2.12. The molecular weight excluding hydrogens is 264 g/mol. The molecule has 3 aromatic rings. The van der Waals surface area contributed by atoms with Crippen LogP contribution in [0, 0.1) is 0 Å².